The molecule has 0 aliphatic heterocycles. The van der Waals surface area contributed by atoms with Gasteiger partial charge < -0.3 is 5.32 Å². The first-order valence-electron chi connectivity index (χ1n) is 3.80. The third kappa shape index (κ3) is 1.78. The van der Waals surface area contributed by atoms with Crippen molar-refractivity contribution in [3.8, 4) is 0 Å². The van der Waals surface area contributed by atoms with Crippen molar-refractivity contribution in [3.63, 3.8) is 0 Å². The molecule has 0 fully saturated rings. The van der Waals surface area contributed by atoms with Gasteiger partial charge in [0.15, 0.2) is 6.29 Å². The van der Waals surface area contributed by atoms with E-state index in [1.165, 1.54) is 6.20 Å². The Morgan fingerprint density at radius 1 is 1.67 bits per heavy atom. The van der Waals surface area contributed by atoms with E-state index in [1.807, 2.05) is 6.92 Å². The number of aromatic nitrogens is 2. The van der Waals surface area contributed by atoms with E-state index in [4.69, 9.17) is 0 Å². The summed E-state index contributed by atoms with van der Waals surface area (Å²) in [4.78, 5) is 18.4. The third-order valence-electron chi connectivity index (χ3n) is 1.48. The van der Waals surface area contributed by atoms with Gasteiger partial charge in [0.25, 0.3) is 0 Å². The van der Waals surface area contributed by atoms with Crippen LogP contribution in [0.5, 0.6) is 0 Å². The highest BCUT2D eigenvalue weighted by Crippen LogP contribution is 2.03. The largest absolute Gasteiger partial charge is 0.354 e. The summed E-state index contributed by atoms with van der Waals surface area (Å²) in [5.41, 5.74) is 1.24. The van der Waals surface area contributed by atoms with Crippen molar-refractivity contribution in [3.05, 3.63) is 17.5 Å². The van der Waals surface area contributed by atoms with Crippen molar-refractivity contribution in [2.75, 3.05) is 11.9 Å². The zero-order valence-electron chi connectivity index (χ0n) is 7.16. The number of hydrogen-bond donors (Lipinski definition) is 1. The van der Waals surface area contributed by atoms with E-state index in [2.05, 4.69) is 15.3 Å². The molecule has 0 aliphatic rings. The summed E-state index contributed by atoms with van der Waals surface area (Å²) in [6, 6.07) is 0. The molecule has 0 spiro atoms. The van der Waals surface area contributed by atoms with Crippen LogP contribution >= 0.6 is 0 Å². The highest BCUT2D eigenvalue weighted by Gasteiger charge is 1.99. The minimum Gasteiger partial charge on any atom is -0.354 e. The lowest BCUT2D eigenvalue weighted by Gasteiger charge is -2.02. The summed E-state index contributed by atoms with van der Waals surface area (Å²) in [6.45, 7) is 4.53. The second-order valence-corrected chi connectivity index (χ2v) is 2.38. The summed E-state index contributed by atoms with van der Waals surface area (Å²) in [6.07, 6.45) is 2.28. The minimum absolute atomic E-state index is 0.539. The van der Waals surface area contributed by atoms with Crippen molar-refractivity contribution in [2.45, 2.75) is 13.8 Å². The van der Waals surface area contributed by atoms with E-state index >= 15 is 0 Å². The monoisotopic (exact) mass is 165 g/mol. The molecule has 0 saturated heterocycles. The lowest BCUT2D eigenvalue weighted by atomic mass is 10.3. The fourth-order valence-electron chi connectivity index (χ4n) is 0.835. The van der Waals surface area contributed by atoms with Gasteiger partial charge in [0.1, 0.15) is 0 Å². The molecule has 0 radical (unpaired) electrons. The first kappa shape index (κ1) is 8.64. The molecule has 1 N–H and O–H groups in total. The molecule has 0 aliphatic carbocycles. The average molecular weight is 165 g/mol. The van der Waals surface area contributed by atoms with Crippen LogP contribution in [0.25, 0.3) is 0 Å². The zero-order chi connectivity index (χ0) is 8.97. The zero-order valence-corrected chi connectivity index (χ0v) is 7.16. The molecular weight excluding hydrogens is 154 g/mol. The Kier molecular flexibility index (Phi) is 2.74. The Bertz CT molecular complexity index is 286. The highest BCUT2D eigenvalue weighted by atomic mass is 16.1. The summed E-state index contributed by atoms with van der Waals surface area (Å²) < 4.78 is 0. The molecule has 0 atom stereocenters. The van der Waals surface area contributed by atoms with E-state index in [0.717, 1.165) is 12.8 Å². The number of aldehydes is 1. The Labute approximate surface area is 71.0 Å². The topological polar surface area (TPSA) is 54.9 Å². The van der Waals surface area contributed by atoms with Crippen molar-refractivity contribution in [1.82, 2.24) is 9.97 Å². The summed E-state index contributed by atoms with van der Waals surface area (Å²) in [5, 5.41) is 2.96. The molecule has 1 rings (SSSR count). The summed E-state index contributed by atoms with van der Waals surface area (Å²) in [5.74, 6) is 0.570. The first-order valence-corrected chi connectivity index (χ1v) is 3.80. The SMILES string of the molecule is CCNc1ncc(C=O)c(C)n1. The molecular formula is C8H11N3O. The number of nitrogens with zero attached hydrogens (tertiary/aromatic N) is 2. The number of rotatable bonds is 3. The lowest BCUT2D eigenvalue weighted by Crippen LogP contribution is -2.04. The average Bonchev–Trinajstić information content (AvgIpc) is 2.05. The number of nitrogens with one attached hydrogen (secondary N) is 1. The Morgan fingerprint density at radius 2 is 2.42 bits per heavy atom. The number of anilines is 1. The predicted octanol–water partition coefficient (Wildman–Crippen LogP) is 1.03. The van der Waals surface area contributed by atoms with E-state index in [-0.39, 0.29) is 0 Å². The van der Waals surface area contributed by atoms with E-state index in [9.17, 15) is 4.79 Å². The Balaban J connectivity index is 2.93. The molecule has 4 nitrogen and oxygen atoms in total. The number of carbonyl (C=O) groups is 1. The second kappa shape index (κ2) is 3.80. The molecule has 0 unspecified atom stereocenters. The van der Waals surface area contributed by atoms with Gasteiger partial charge in [0, 0.05) is 12.7 Å². The van der Waals surface area contributed by atoms with Crippen molar-refractivity contribution in [2.24, 2.45) is 0 Å². The molecule has 1 aromatic rings. The fraction of sp³-hybridized carbons (Fsp3) is 0.375. The van der Waals surface area contributed by atoms with Crippen LogP contribution in [-0.4, -0.2) is 22.8 Å². The molecule has 1 aromatic heterocycles. The molecule has 0 bridgehead atoms. The number of aryl methyl sites for hydroxylation is 1. The number of hydrogen-bond acceptors (Lipinski definition) is 4. The van der Waals surface area contributed by atoms with Crippen LogP contribution in [0.4, 0.5) is 5.95 Å². The molecule has 64 valence electrons. The molecule has 12 heavy (non-hydrogen) atoms. The van der Waals surface area contributed by atoms with Gasteiger partial charge in [0.2, 0.25) is 5.95 Å². The maximum atomic E-state index is 10.4. The van der Waals surface area contributed by atoms with Crippen molar-refractivity contribution in [1.29, 1.82) is 0 Å². The van der Waals surface area contributed by atoms with Crippen molar-refractivity contribution >= 4 is 12.2 Å². The summed E-state index contributed by atoms with van der Waals surface area (Å²) >= 11 is 0. The van der Waals surface area contributed by atoms with Gasteiger partial charge in [-0.1, -0.05) is 0 Å². The fourth-order valence-corrected chi connectivity index (χ4v) is 0.835. The smallest absolute Gasteiger partial charge is 0.222 e. The molecule has 1 heterocycles. The van der Waals surface area contributed by atoms with Crippen LogP contribution in [0.3, 0.4) is 0 Å². The second-order valence-electron chi connectivity index (χ2n) is 2.38. The van der Waals surface area contributed by atoms with Gasteiger partial charge >= 0.3 is 0 Å². The van der Waals surface area contributed by atoms with Gasteiger partial charge in [-0.15, -0.1) is 0 Å². The molecule has 0 saturated carbocycles. The standard InChI is InChI=1S/C8H11N3O/c1-3-9-8-10-4-7(5-12)6(2)11-8/h4-5H,3H2,1-2H3,(H,9,10,11). The Hall–Kier alpha value is -1.45. The van der Waals surface area contributed by atoms with Crippen LogP contribution in [0.15, 0.2) is 6.20 Å². The van der Waals surface area contributed by atoms with Gasteiger partial charge in [-0.25, -0.2) is 9.97 Å². The highest BCUT2D eigenvalue weighted by molar-refractivity contribution is 5.75. The van der Waals surface area contributed by atoms with Crippen LogP contribution in [0.1, 0.15) is 23.0 Å². The maximum Gasteiger partial charge on any atom is 0.222 e. The maximum absolute atomic E-state index is 10.4. The quantitative estimate of drug-likeness (QED) is 0.679. The third-order valence-corrected chi connectivity index (χ3v) is 1.48. The van der Waals surface area contributed by atoms with Gasteiger partial charge in [-0.05, 0) is 13.8 Å². The van der Waals surface area contributed by atoms with Gasteiger partial charge in [-0.3, -0.25) is 4.79 Å². The van der Waals surface area contributed by atoms with E-state index in [1.54, 1.807) is 6.92 Å². The minimum atomic E-state index is 0.539. The van der Waals surface area contributed by atoms with E-state index in [0.29, 0.717) is 17.2 Å². The van der Waals surface area contributed by atoms with Crippen LogP contribution in [0, 0.1) is 6.92 Å². The van der Waals surface area contributed by atoms with Crippen LogP contribution < -0.4 is 5.32 Å². The lowest BCUT2D eigenvalue weighted by molar-refractivity contribution is 0.112. The van der Waals surface area contributed by atoms with Crippen LogP contribution in [-0.2, 0) is 0 Å². The summed E-state index contributed by atoms with van der Waals surface area (Å²) in [7, 11) is 0. The Morgan fingerprint density at radius 3 is 2.92 bits per heavy atom. The first-order chi connectivity index (χ1) is 5.77. The van der Waals surface area contributed by atoms with Crippen LogP contribution in [0.2, 0.25) is 0 Å². The normalized spacial score (nSPS) is 9.50. The van der Waals surface area contributed by atoms with Gasteiger partial charge in [-0.2, -0.15) is 0 Å². The number of carbonyl (C=O) groups excluding carboxylic acids is 1. The molecule has 0 aromatic carbocycles. The predicted molar refractivity (Wildman–Crippen MR) is 46.3 cm³/mol. The van der Waals surface area contributed by atoms with Crippen molar-refractivity contribution < 1.29 is 4.79 Å². The molecule has 4 heteroatoms. The van der Waals surface area contributed by atoms with Gasteiger partial charge in [0.05, 0.1) is 11.3 Å². The molecule has 0 amide bonds. The van der Waals surface area contributed by atoms with E-state index < -0.39 is 0 Å².